The fourth-order valence-corrected chi connectivity index (χ4v) is 3.66. The number of hydrogen-bond acceptors (Lipinski definition) is 5. The second kappa shape index (κ2) is 8.13. The zero-order chi connectivity index (χ0) is 17.8. The monoisotopic (exact) mass is 346 g/mol. The maximum Gasteiger partial charge on any atom is 0.222 e. The number of rotatable bonds is 4. The molecule has 25 heavy (non-hydrogen) atoms. The quantitative estimate of drug-likeness (QED) is 0.838. The summed E-state index contributed by atoms with van der Waals surface area (Å²) in [5.41, 5.74) is 1.08. The summed E-state index contributed by atoms with van der Waals surface area (Å²) in [6.45, 7) is 11.1. The van der Waals surface area contributed by atoms with Crippen LogP contribution in [0, 0.1) is 12.8 Å². The van der Waals surface area contributed by atoms with Gasteiger partial charge in [-0.1, -0.05) is 13.8 Å². The largest absolute Gasteiger partial charge is 0.378 e. The number of morpholine rings is 1. The molecule has 0 spiro atoms. The number of amides is 1. The Balaban J connectivity index is 1.74. The van der Waals surface area contributed by atoms with Gasteiger partial charge in [-0.05, 0) is 25.7 Å². The van der Waals surface area contributed by atoms with E-state index in [1.165, 1.54) is 0 Å². The molecule has 6 nitrogen and oxygen atoms in total. The second-order valence-electron chi connectivity index (χ2n) is 7.57. The molecule has 1 aromatic heterocycles. The summed E-state index contributed by atoms with van der Waals surface area (Å²) in [5.74, 6) is 2.80. The number of nitrogens with zero attached hydrogens (tertiary/aromatic N) is 4. The van der Waals surface area contributed by atoms with Crippen molar-refractivity contribution in [2.45, 2.75) is 46.0 Å². The number of ether oxygens (including phenoxy) is 1. The molecule has 0 N–H and O–H groups in total. The number of piperidine rings is 1. The molecule has 2 aliphatic heterocycles. The van der Waals surface area contributed by atoms with Gasteiger partial charge >= 0.3 is 0 Å². The first-order valence-electron chi connectivity index (χ1n) is 9.49. The first kappa shape index (κ1) is 18.1. The maximum atomic E-state index is 12.4. The third kappa shape index (κ3) is 4.69. The molecule has 2 aliphatic rings. The summed E-state index contributed by atoms with van der Waals surface area (Å²) < 4.78 is 5.44. The lowest BCUT2D eigenvalue weighted by Gasteiger charge is -2.34. The van der Waals surface area contributed by atoms with Crippen molar-refractivity contribution in [1.29, 1.82) is 0 Å². The summed E-state index contributed by atoms with van der Waals surface area (Å²) in [6.07, 6.45) is 2.77. The highest BCUT2D eigenvalue weighted by molar-refractivity contribution is 5.76. The first-order chi connectivity index (χ1) is 12.0. The van der Waals surface area contributed by atoms with Crippen molar-refractivity contribution >= 4 is 11.7 Å². The van der Waals surface area contributed by atoms with E-state index in [9.17, 15) is 4.79 Å². The number of carbonyl (C=O) groups is 1. The molecule has 6 heteroatoms. The Morgan fingerprint density at radius 2 is 2.04 bits per heavy atom. The summed E-state index contributed by atoms with van der Waals surface area (Å²) in [5, 5.41) is 0. The molecule has 0 radical (unpaired) electrons. The molecule has 1 aromatic rings. The Bertz CT molecular complexity index is 599. The SMILES string of the molecule is Cc1nc(C2CCCN(C(=O)CC(C)C)C2)cc(N2CCOCC2)n1. The van der Waals surface area contributed by atoms with Crippen molar-refractivity contribution in [2.75, 3.05) is 44.3 Å². The summed E-state index contributed by atoms with van der Waals surface area (Å²) >= 11 is 0. The van der Waals surface area contributed by atoms with Gasteiger partial charge in [-0.25, -0.2) is 9.97 Å². The third-order valence-electron chi connectivity index (χ3n) is 4.95. The zero-order valence-corrected chi connectivity index (χ0v) is 15.7. The molecule has 0 aliphatic carbocycles. The fourth-order valence-electron chi connectivity index (χ4n) is 3.66. The van der Waals surface area contributed by atoms with Crippen molar-refractivity contribution < 1.29 is 9.53 Å². The molecule has 2 saturated heterocycles. The highest BCUT2D eigenvalue weighted by atomic mass is 16.5. The lowest BCUT2D eigenvalue weighted by Crippen LogP contribution is -2.40. The van der Waals surface area contributed by atoms with Gasteiger partial charge in [0.2, 0.25) is 5.91 Å². The van der Waals surface area contributed by atoms with Crippen LogP contribution >= 0.6 is 0 Å². The van der Waals surface area contributed by atoms with Gasteiger partial charge in [-0.2, -0.15) is 0 Å². The Kier molecular flexibility index (Phi) is 5.89. The number of anilines is 1. The van der Waals surface area contributed by atoms with Gasteiger partial charge in [-0.3, -0.25) is 4.79 Å². The minimum Gasteiger partial charge on any atom is -0.378 e. The van der Waals surface area contributed by atoms with E-state index in [4.69, 9.17) is 9.72 Å². The predicted molar refractivity (Wildman–Crippen MR) is 97.8 cm³/mol. The van der Waals surface area contributed by atoms with Crippen LogP contribution in [0.5, 0.6) is 0 Å². The van der Waals surface area contributed by atoms with E-state index in [2.05, 4.69) is 29.8 Å². The minimum atomic E-state index is 0.277. The van der Waals surface area contributed by atoms with Gasteiger partial charge in [0.05, 0.1) is 18.9 Å². The van der Waals surface area contributed by atoms with Gasteiger partial charge in [-0.15, -0.1) is 0 Å². The Labute approximate surface area is 150 Å². The standard InChI is InChI=1S/C19H30N4O2/c1-14(2)11-19(24)23-6-4-5-16(13-23)17-12-18(21-15(3)20-17)22-7-9-25-10-8-22/h12,14,16H,4-11,13H2,1-3H3. The van der Waals surface area contributed by atoms with Gasteiger partial charge in [0.25, 0.3) is 0 Å². The number of aryl methyl sites for hydroxylation is 1. The lowest BCUT2D eigenvalue weighted by atomic mass is 9.93. The molecule has 0 aromatic carbocycles. The summed E-state index contributed by atoms with van der Waals surface area (Å²) in [6, 6.07) is 2.12. The van der Waals surface area contributed by atoms with E-state index in [-0.39, 0.29) is 5.91 Å². The van der Waals surface area contributed by atoms with E-state index < -0.39 is 0 Å². The van der Waals surface area contributed by atoms with Gasteiger partial charge in [0.1, 0.15) is 11.6 Å². The number of hydrogen-bond donors (Lipinski definition) is 0. The molecule has 2 fully saturated rings. The van der Waals surface area contributed by atoms with Crippen LogP contribution in [0.15, 0.2) is 6.07 Å². The molecule has 3 heterocycles. The molecular formula is C19H30N4O2. The fraction of sp³-hybridized carbons (Fsp3) is 0.737. The van der Waals surface area contributed by atoms with Gasteiger partial charge in [0, 0.05) is 44.6 Å². The number of aromatic nitrogens is 2. The first-order valence-corrected chi connectivity index (χ1v) is 9.49. The zero-order valence-electron chi connectivity index (χ0n) is 15.7. The van der Waals surface area contributed by atoms with Crippen LogP contribution < -0.4 is 4.90 Å². The van der Waals surface area contributed by atoms with Crippen molar-refractivity contribution in [3.8, 4) is 0 Å². The van der Waals surface area contributed by atoms with Crippen LogP contribution in [0.1, 0.15) is 50.5 Å². The number of likely N-dealkylation sites (tertiary alicyclic amines) is 1. The van der Waals surface area contributed by atoms with E-state index in [0.717, 1.165) is 69.6 Å². The highest BCUT2D eigenvalue weighted by Gasteiger charge is 2.27. The molecule has 1 amide bonds. The van der Waals surface area contributed by atoms with E-state index >= 15 is 0 Å². The molecular weight excluding hydrogens is 316 g/mol. The topological polar surface area (TPSA) is 58.6 Å². The van der Waals surface area contributed by atoms with Crippen LogP contribution in [0.3, 0.4) is 0 Å². The van der Waals surface area contributed by atoms with Crippen molar-refractivity contribution in [1.82, 2.24) is 14.9 Å². The highest BCUT2D eigenvalue weighted by Crippen LogP contribution is 2.28. The number of carbonyl (C=O) groups excluding carboxylic acids is 1. The average Bonchev–Trinajstić information content (AvgIpc) is 2.61. The van der Waals surface area contributed by atoms with Crippen molar-refractivity contribution in [3.63, 3.8) is 0 Å². The van der Waals surface area contributed by atoms with Crippen LogP contribution in [-0.2, 0) is 9.53 Å². The molecule has 0 saturated carbocycles. The van der Waals surface area contributed by atoms with Crippen molar-refractivity contribution in [2.24, 2.45) is 5.92 Å². The molecule has 1 unspecified atom stereocenters. The van der Waals surface area contributed by atoms with E-state index in [1.54, 1.807) is 0 Å². The van der Waals surface area contributed by atoms with Crippen LogP contribution in [0.2, 0.25) is 0 Å². The average molecular weight is 346 g/mol. The Morgan fingerprint density at radius 3 is 2.76 bits per heavy atom. The summed E-state index contributed by atoms with van der Waals surface area (Å²) in [4.78, 5) is 26.1. The molecule has 1 atom stereocenters. The third-order valence-corrected chi connectivity index (χ3v) is 4.95. The van der Waals surface area contributed by atoms with E-state index in [1.807, 2.05) is 11.8 Å². The second-order valence-corrected chi connectivity index (χ2v) is 7.57. The summed E-state index contributed by atoms with van der Waals surface area (Å²) in [7, 11) is 0. The van der Waals surface area contributed by atoms with Crippen LogP contribution in [0.25, 0.3) is 0 Å². The molecule has 138 valence electrons. The van der Waals surface area contributed by atoms with Crippen LogP contribution in [0.4, 0.5) is 5.82 Å². The van der Waals surface area contributed by atoms with Crippen LogP contribution in [-0.4, -0.2) is 60.2 Å². The van der Waals surface area contributed by atoms with E-state index in [0.29, 0.717) is 18.3 Å². The van der Waals surface area contributed by atoms with Gasteiger partial charge < -0.3 is 14.5 Å². The predicted octanol–water partition coefficient (Wildman–Crippen LogP) is 2.37. The molecule has 0 bridgehead atoms. The lowest BCUT2D eigenvalue weighted by molar-refractivity contribution is -0.133. The Morgan fingerprint density at radius 1 is 1.28 bits per heavy atom. The Hall–Kier alpha value is -1.69. The normalized spacial score (nSPS) is 21.7. The maximum absolute atomic E-state index is 12.4. The molecule has 3 rings (SSSR count). The smallest absolute Gasteiger partial charge is 0.222 e. The van der Waals surface area contributed by atoms with Gasteiger partial charge in [0.15, 0.2) is 0 Å². The minimum absolute atomic E-state index is 0.277. The van der Waals surface area contributed by atoms with Crippen molar-refractivity contribution in [3.05, 3.63) is 17.6 Å².